The lowest BCUT2D eigenvalue weighted by atomic mass is 10.2. The maximum Gasteiger partial charge on any atom is 0.153 e. The van der Waals surface area contributed by atoms with Crippen LogP contribution in [0.15, 0.2) is 0 Å². The first-order valence-electron chi connectivity index (χ1n) is 5.93. The molecule has 1 N–H and O–H groups in total. The monoisotopic (exact) mass is 265 g/mol. The van der Waals surface area contributed by atoms with Gasteiger partial charge in [0.2, 0.25) is 0 Å². The van der Waals surface area contributed by atoms with Gasteiger partial charge in [0.1, 0.15) is 0 Å². The molecule has 0 saturated heterocycles. The van der Waals surface area contributed by atoms with E-state index < -0.39 is 9.84 Å². The maximum atomic E-state index is 11.6. The van der Waals surface area contributed by atoms with Crippen LogP contribution in [0.25, 0.3) is 0 Å². The zero-order chi connectivity index (χ0) is 12.2. The molecular weight excluding hydrogens is 242 g/mol. The Morgan fingerprint density at radius 3 is 2.56 bits per heavy atom. The fourth-order valence-electron chi connectivity index (χ4n) is 1.98. The molecule has 3 nitrogen and oxygen atoms in total. The number of nitrogens with one attached hydrogen (secondary N) is 1. The van der Waals surface area contributed by atoms with Gasteiger partial charge in [-0.2, -0.15) is 11.8 Å². The smallest absolute Gasteiger partial charge is 0.153 e. The van der Waals surface area contributed by atoms with Gasteiger partial charge in [-0.3, -0.25) is 0 Å². The molecule has 0 heterocycles. The van der Waals surface area contributed by atoms with Crippen molar-refractivity contribution in [2.45, 2.75) is 49.7 Å². The summed E-state index contributed by atoms with van der Waals surface area (Å²) in [4.78, 5) is 0. The van der Waals surface area contributed by atoms with Crippen molar-refractivity contribution in [3.05, 3.63) is 0 Å². The predicted molar refractivity (Wildman–Crippen MR) is 71.9 cm³/mol. The molecule has 0 bridgehead atoms. The minimum Gasteiger partial charge on any atom is -0.313 e. The van der Waals surface area contributed by atoms with Gasteiger partial charge in [-0.15, -0.1) is 0 Å². The molecule has 0 radical (unpaired) electrons. The second kappa shape index (κ2) is 6.26. The van der Waals surface area contributed by atoms with Crippen LogP contribution in [0.1, 0.15) is 33.1 Å². The van der Waals surface area contributed by atoms with Crippen LogP contribution in [0.5, 0.6) is 0 Å². The number of hydrogen-bond donors (Lipinski definition) is 1. The lowest BCUT2D eigenvalue weighted by Crippen LogP contribution is -2.33. The molecular formula is C11H23NO2S2. The third-order valence-electron chi connectivity index (χ3n) is 3.26. The molecule has 0 aromatic carbocycles. The first kappa shape index (κ1) is 14.3. The molecule has 96 valence electrons. The molecule has 2 unspecified atom stereocenters. The molecule has 0 spiro atoms. The van der Waals surface area contributed by atoms with Crippen molar-refractivity contribution in [3.8, 4) is 0 Å². The summed E-state index contributed by atoms with van der Waals surface area (Å²) >= 11 is 1.92. The van der Waals surface area contributed by atoms with Gasteiger partial charge in [-0.1, -0.05) is 0 Å². The van der Waals surface area contributed by atoms with Crippen LogP contribution in [-0.4, -0.2) is 43.5 Å². The first-order chi connectivity index (χ1) is 7.45. The molecule has 0 aliphatic heterocycles. The SMILES string of the molecule is CSC1CCC(NCCS(=O)(=O)C(C)C)C1. The van der Waals surface area contributed by atoms with Gasteiger partial charge in [0.25, 0.3) is 0 Å². The second-order valence-corrected chi connectivity index (χ2v) is 8.55. The molecule has 1 aliphatic rings. The second-order valence-electron chi connectivity index (χ2n) is 4.74. The van der Waals surface area contributed by atoms with Crippen LogP contribution in [0.4, 0.5) is 0 Å². The Hall–Kier alpha value is 0.260. The summed E-state index contributed by atoms with van der Waals surface area (Å²) in [6.07, 6.45) is 5.78. The maximum absolute atomic E-state index is 11.6. The Bertz CT molecular complexity index is 301. The summed E-state index contributed by atoms with van der Waals surface area (Å²) in [5.41, 5.74) is 0. The molecule has 0 amide bonds. The van der Waals surface area contributed by atoms with E-state index in [2.05, 4.69) is 11.6 Å². The highest BCUT2D eigenvalue weighted by molar-refractivity contribution is 7.99. The largest absolute Gasteiger partial charge is 0.313 e. The lowest BCUT2D eigenvalue weighted by Gasteiger charge is -2.13. The highest BCUT2D eigenvalue weighted by Gasteiger charge is 2.24. The van der Waals surface area contributed by atoms with Crippen molar-refractivity contribution in [3.63, 3.8) is 0 Å². The van der Waals surface area contributed by atoms with E-state index in [0.717, 1.165) is 5.25 Å². The Morgan fingerprint density at radius 1 is 1.38 bits per heavy atom. The number of thioether (sulfide) groups is 1. The molecule has 1 fully saturated rings. The van der Waals surface area contributed by atoms with E-state index in [1.54, 1.807) is 13.8 Å². The van der Waals surface area contributed by atoms with Crippen LogP contribution >= 0.6 is 11.8 Å². The molecule has 1 rings (SSSR count). The van der Waals surface area contributed by atoms with Gasteiger partial charge < -0.3 is 5.32 Å². The van der Waals surface area contributed by atoms with Gasteiger partial charge in [-0.05, 0) is 39.4 Å². The zero-order valence-electron chi connectivity index (χ0n) is 10.4. The average Bonchev–Trinajstić information content (AvgIpc) is 2.65. The summed E-state index contributed by atoms with van der Waals surface area (Å²) in [6, 6.07) is 0.528. The molecule has 1 aliphatic carbocycles. The van der Waals surface area contributed by atoms with E-state index in [0.29, 0.717) is 12.6 Å². The highest BCUT2D eigenvalue weighted by Crippen LogP contribution is 2.27. The van der Waals surface area contributed by atoms with Crippen LogP contribution in [-0.2, 0) is 9.84 Å². The number of rotatable bonds is 6. The van der Waals surface area contributed by atoms with Crippen molar-refractivity contribution >= 4 is 21.6 Å². The van der Waals surface area contributed by atoms with Crippen molar-refractivity contribution in [2.75, 3.05) is 18.6 Å². The fourth-order valence-corrected chi connectivity index (χ4v) is 3.65. The van der Waals surface area contributed by atoms with Crippen LogP contribution in [0.3, 0.4) is 0 Å². The molecule has 16 heavy (non-hydrogen) atoms. The molecule has 2 atom stereocenters. The van der Waals surface area contributed by atoms with Gasteiger partial charge in [-0.25, -0.2) is 8.42 Å². The summed E-state index contributed by atoms with van der Waals surface area (Å²) in [7, 11) is -2.88. The van der Waals surface area contributed by atoms with Crippen molar-refractivity contribution in [2.24, 2.45) is 0 Å². The Labute approximate surface area is 104 Å². The fraction of sp³-hybridized carbons (Fsp3) is 1.00. The van der Waals surface area contributed by atoms with Crippen molar-refractivity contribution in [1.29, 1.82) is 0 Å². The summed E-state index contributed by atoms with van der Waals surface area (Å²) in [5.74, 6) is 0.269. The van der Waals surface area contributed by atoms with E-state index in [4.69, 9.17) is 0 Å². The topological polar surface area (TPSA) is 46.2 Å². The number of sulfone groups is 1. The van der Waals surface area contributed by atoms with E-state index in [1.165, 1.54) is 19.3 Å². The molecule has 0 aromatic rings. The van der Waals surface area contributed by atoms with Crippen LogP contribution in [0, 0.1) is 0 Å². The third-order valence-corrected chi connectivity index (χ3v) is 6.56. The van der Waals surface area contributed by atoms with E-state index in [9.17, 15) is 8.42 Å². The highest BCUT2D eigenvalue weighted by atomic mass is 32.2. The summed E-state index contributed by atoms with van der Waals surface area (Å²) in [6.45, 7) is 4.09. The summed E-state index contributed by atoms with van der Waals surface area (Å²) < 4.78 is 23.2. The lowest BCUT2D eigenvalue weighted by molar-refractivity contribution is 0.535. The third kappa shape index (κ3) is 4.26. The van der Waals surface area contributed by atoms with Gasteiger partial charge >= 0.3 is 0 Å². The van der Waals surface area contributed by atoms with E-state index in [-0.39, 0.29) is 11.0 Å². The summed E-state index contributed by atoms with van der Waals surface area (Å²) in [5, 5.41) is 3.87. The quantitative estimate of drug-likeness (QED) is 0.794. The van der Waals surface area contributed by atoms with Gasteiger partial charge in [0.15, 0.2) is 9.84 Å². The normalized spacial score (nSPS) is 26.5. The van der Waals surface area contributed by atoms with Crippen molar-refractivity contribution < 1.29 is 8.42 Å². The number of hydrogen-bond acceptors (Lipinski definition) is 4. The average molecular weight is 265 g/mol. The minimum absolute atomic E-state index is 0.253. The molecule has 0 aromatic heterocycles. The van der Waals surface area contributed by atoms with Gasteiger partial charge in [0, 0.05) is 17.8 Å². The van der Waals surface area contributed by atoms with Crippen LogP contribution in [0.2, 0.25) is 0 Å². The van der Waals surface area contributed by atoms with E-state index in [1.807, 2.05) is 11.8 Å². The molecule has 1 saturated carbocycles. The predicted octanol–water partition coefficient (Wildman–Crippen LogP) is 1.68. The Balaban J connectivity index is 2.22. The zero-order valence-corrected chi connectivity index (χ0v) is 12.0. The molecule has 5 heteroatoms. The Morgan fingerprint density at radius 2 is 2.06 bits per heavy atom. The minimum atomic E-state index is -2.88. The van der Waals surface area contributed by atoms with E-state index >= 15 is 0 Å². The standard InChI is InChI=1S/C11H23NO2S2/c1-9(2)16(13,14)7-6-12-10-4-5-11(8-10)15-3/h9-12H,4-8H2,1-3H3. The first-order valence-corrected chi connectivity index (χ1v) is 8.93. The Kier molecular flexibility index (Phi) is 5.61. The van der Waals surface area contributed by atoms with Crippen LogP contribution < -0.4 is 5.32 Å². The van der Waals surface area contributed by atoms with Crippen molar-refractivity contribution in [1.82, 2.24) is 5.32 Å². The van der Waals surface area contributed by atoms with Gasteiger partial charge in [0.05, 0.1) is 11.0 Å².